The Kier molecular flexibility index (Phi) is 5.27. The number of benzene rings is 2. The van der Waals surface area contributed by atoms with Crippen molar-refractivity contribution in [2.75, 3.05) is 0 Å². The molecule has 2 heteroatoms. The zero-order chi connectivity index (χ0) is 9.80. The number of aryl methyl sites for hydroxylation is 1. The Balaban J connectivity index is 0.00000112. The maximum Gasteiger partial charge on any atom is -0.0224 e. The highest BCUT2D eigenvalue weighted by Crippen LogP contribution is 2.10. The topological polar surface area (TPSA) is 0 Å². The van der Waals surface area contributed by atoms with Crippen molar-refractivity contribution in [1.82, 2.24) is 0 Å². The lowest BCUT2D eigenvalue weighted by Gasteiger charge is -2.02. The van der Waals surface area contributed by atoms with Crippen LogP contribution in [0.1, 0.15) is 5.56 Å². The first-order chi connectivity index (χ1) is 6.84. The van der Waals surface area contributed by atoms with E-state index in [1.165, 1.54) is 16.2 Å². The molecule has 2 rings (SSSR count). The number of rotatable bonds is 2. The van der Waals surface area contributed by atoms with E-state index in [0.29, 0.717) is 0 Å². The standard InChI is InChI=1S/C13H13P.HI/c1-11-6-5-9-13(10-11)14-12-7-3-2-4-8-12;/h2-10,14H,1H3;1H. The summed E-state index contributed by atoms with van der Waals surface area (Å²) in [4.78, 5) is 0. The first-order valence-corrected chi connectivity index (χ1v) is 5.73. The first kappa shape index (κ1) is 12.7. The average molecular weight is 328 g/mol. The molecule has 0 aliphatic carbocycles. The Labute approximate surface area is 110 Å². The quantitative estimate of drug-likeness (QED) is 0.586. The molecule has 0 fully saturated rings. The van der Waals surface area contributed by atoms with Crippen LogP contribution in [0.3, 0.4) is 0 Å². The van der Waals surface area contributed by atoms with Crippen LogP contribution in [0.15, 0.2) is 54.6 Å². The van der Waals surface area contributed by atoms with Gasteiger partial charge in [0.2, 0.25) is 0 Å². The minimum atomic E-state index is 0. The van der Waals surface area contributed by atoms with Gasteiger partial charge in [-0.3, -0.25) is 0 Å². The smallest absolute Gasteiger partial charge is 0.0224 e. The van der Waals surface area contributed by atoms with Crippen molar-refractivity contribution in [2.24, 2.45) is 0 Å². The van der Waals surface area contributed by atoms with Crippen LogP contribution in [0.2, 0.25) is 0 Å². The van der Waals surface area contributed by atoms with Gasteiger partial charge >= 0.3 is 0 Å². The molecule has 0 nitrogen and oxygen atoms in total. The maximum absolute atomic E-state index is 2.26. The van der Waals surface area contributed by atoms with Crippen LogP contribution in [0.5, 0.6) is 0 Å². The molecule has 1 atom stereocenters. The molecule has 0 amide bonds. The van der Waals surface area contributed by atoms with E-state index in [4.69, 9.17) is 0 Å². The molecule has 78 valence electrons. The van der Waals surface area contributed by atoms with Crippen LogP contribution in [-0.4, -0.2) is 0 Å². The summed E-state index contributed by atoms with van der Waals surface area (Å²) in [6.45, 7) is 2.14. The van der Waals surface area contributed by atoms with E-state index < -0.39 is 0 Å². The van der Waals surface area contributed by atoms with E-state index in [2.05, 4.69) is 61.5 Å². The van der Waals surface area contributed by atoms with Gasteiger partial charge in [-0.05, 0) is 17.5 Å². The summed E-state index contributed by atoms with van der Waals surface area (Å²) >= 11 is 0. The van der Waals surface area contributed by atoms with Gasteiger partial charge in [0.25, 0.3) is 0 Å². The van der Waals surface area contributed by atoms with E-state index in [1.807, 2.05) is 0 Å². The zero-order valence-electron chi connectivity index (χ0n) is 8.60. The summed E-state index contributed by atoms with van der Waals surface area (Å²) in [6.07, 6.45) is 0. The largest absolute Gasteiger partial charge is 0.107 e. The van der Waals surface area contributed by atoms with Gasteiger partial charge in [-0.25, -0.2) is 0 Å². The van der Waals surface area contributed by atoms with Gasteiger partial charge in [0.05, 0.1) is 0 Å². The Hall–Kier alpha value is -0.400. The first-order valence-electron chi connectivity index (χ1n) is 4.73. The Bertz CT molecular complexity index is 412. The predicted octanol–water partition coefficient (Wildman–Crippen LogP) is 3.24. The molecule has 0 aromatic heterocycles. The second kappa shape index (κ2) is 6.24. The third kappa shape index (κ3) is 3.92. The van der Waals surface area contributed by atoms with E-state index in [0.717, 1.165) is 8.58 Å². The molecule has 1 unspecified atom stereocenters. The van der Waals surface area contributed by atoms with Gasteiger partial charge in [0, 0.05) is 0 Å². The molecule has 0 bridgehead atoms. The zero-order valence-corrected chi connectivity index (χ0v) is 11.9. The molecule has 0 saturated heterocycles. The van der Waals surface area contributed by atoms with Crippen LogP contribution >= 0.6 is 32.6 Å². The van der Waals surface area contributed by atoms with Crippen LogP contribution < -0.4 is 10.6 Å². The minimum absolute atomic E-state index is 0. The molecule has 0 radical (unpaired) electrons. The molecule has 0 heterocycles. The van der Waals surface area contributed by atoms with E-state index in [9.17, 15) is 0 Å². The normalized spacial score (nSPS) is 10.2. The highest BCUT2D eigenvalue weighted by molar-refractivity contribution is 14.0. The second-order valence-electron chi connectivity index (χ2n) is 3.36. The van der Waals surface area contributed by atoms with Gasteiger partial charge in [-0.2, -0.15) is 0 Å². The summed E-state index contributed by atoms with van der Waals surface area (Å²) < 4.78 is 0. The van der Waals surface area contributed by atoms with Crippen molar-refractivity contribution in [3.05, 3.63) is 60.2 Å². The van der Waals surface area contributed by atoms with Crippen LogP contribution in [0.4, 0.5) is 0 Å². The summed E-state index contributed by atoms with van der Waals surface area (Å²) in [5, 5.41) is 2.81. The monoisotopic (exact) mass is 328 g/mol. The highest BCUT2D eigenvalue weighted by atomic mass is 127. The number of hydrogen-bond acceptors (Lipinski definition) is 0. The van der Waals surface area contributed by atoms with Crippen molar-refractivity contribution in [2.45, 2.75) is 6.92 Å². The molecule has 15 heavy (non-hydrogen) atoms. The third-order valence-corrected chi connectivity index (χ3v) is 3.30. The Morgan fingerprint density at radius 1 is 0.800 bits per heavy atom. The average Bonchev–Trinajstić information content (AvgIpc) is 2.19. The second-order valence-corrected chi connectivity index (χ2v) is 4.77. The summed E-state index contributed by atoms with van der Waals surface area (Å²) in [7, 11) is 0.773. The SMILES string of the molecule is Cc1cccc(Pc2ccccc2)c1.I. The molecule has 0 aliphatic heterocycles. The van der Waals surface area contributed by atoms with Gasteiger partial charge in [0.1, 0.15) is 0 Å². The summed E-state index contributed by atoms with van der Waals surface area (Å²) in [6, 6.07) is 19.3. The maximum atomic E-state index is 2.26. The predicted molar refractivity (Wildman–Crippen MR) is 80.6 cm³/mol. The molecule has 0 spiro atoms. The van der Waals surface area contributed by atoms with Gasteiger partial charge in [-0.1, -0.05) is 68.7 Å². The fraction of sp³-hybridized carbons (Fsp3) is 0.0769. The lowest BCUT2D eigenvalue weighted by Crippen LogP contribution is -2.02. The fourth-order valence-electron chi connectivity index (χ4n) is 1.41. The third-order valence-electron chi connectivity index (χ3n) is 2.08. The van der Waals surface area contributed by atoms with E-state index in [1.54, 1.807) is 0 Å². The molecular formula is C13H14IP. The van der Waals surface area contributed by atoms with Crippen LogP contribution in [0.25, 0.3) is 0 Å². The lowest BCUT2D eigenvalue weighted by atomic mass is 10.2. The summed E-state index contributed by atoms with van der Waals surface area (Å²) in [5.41, 5.74) is 1.34. The van der Waals surface area contributed by atoms with E-state index >= 15 is 0 Å². The molecular weight excluding hydrogens is 314 g/mol. The van der Waals surface area contributed by atoms with Crippen molar-refractivity contribution in [3.63, 3.8) is 0 Å². The lowest BCUT2D eigenvalue weighted by molar-refractivity contribution is 1.50. The molecule has 0 aliphatic rings. The van der Waals surface area contributed by atoms with Crippen molar-refractivity contribution in [3.8, 4) is 0 Å². The van der Waals surface area contributed by atoms with Gasteiger partial charge < -0.3 is 0 Å². The number of halogens is 1. The minimum Gasteiger partial charge on any atom is -0.107 e. The molecule has 0 N–H and O–H groups in total. The van der Waals surface area contributed by atoms with Gasteiger partial charge in [-0.15, -0.1) is 24.0 Å². The van der Waals surface area contributed by atoms with Crippen molar-refractivity contribution in [1.29, 1.82) is 0 Å². The molecule has 2 aromatic carbocycles. The highest BCUT2D eigenvalue weighted by Gasteiger charge is 1.94. The van der Waals surface area contributed by atoms with E-state index in [-0.39, 0.29) is 24.0 Å². The number of hydrogen-bond donors (Lipinski definition) is 0. The molecule has 2 aromatic rings. The van der Waals surface area contributed by atoms with Crippen LogP contribution in [-0.2, 0) is 0 Å². The van der Waals surface area contributed by atoms with Crippen molar-refractivity contribution < 1.29 is 0 Å². The molecule has 0 saturated carbocycles. The van der Waals surface area contributed by atoms with Gasteiger partial charge in [0.15, 0.2) is 0 Å². The van der Waals surface area contributed by atoms with Crippen LogP contribution in [0, 0.1) is 6.92 Å². The fourth-order valence-corrected chi connectivity index (χ4v) is 2.58. The Morgan fingerprint density at radius 3 is 2.13 bits per heavy atom. The Morgan fingerprint density at radius 2 is 1.47 bits per heavy atom. The van der Waals surface area contributed by atoms with Crippen molar-refractivity contribution >= 4 is 43.2 Å². The summed E-state index contributed by atoms with van der Waals surface area (Å²) in [5.74, 6) is 0.